The van der Waals surface area contributed by atoms with Crippen LogP contribution < -0.4 is 5.32 Å². The van der Waals surface area contributed by atoms with Crippen molar-refractivity contribution in [3.05, 3.63) is 29.6 Å². The van der Waals surface area contributed by atoms with Crippen LogP contribution in [0.15, 0.2) is 18.2 Å². The van der Waals surface area contributed by atoms with E-state index >= 15 is 0 Å². The number of hydrogen-bond donors (Lipinski definition) is 1. The molecule has 0 fully saturated rings. The van der Waals surface area contributed by atoms with E-state index in [2.05, 4.69) is 14.7 Å². The van der Waals surface area contributed by atoms with E-state index < -0.39 is 17.6 Å². The van der Waals surface area contributed by atoms with Gasteiger partial charge in [-0.2, -0.15) is 22.5 Å². The first-order valence-electron chi connectivity index (χ1n) is 6.05. The van der Waals surface area contributed by atoms with Crippen molar-refractivity contribution >= 4 is 16.7 Å². The number of halogens is 4. The molecule has 21 heavy (non-hydrogen) atoms. The van der Waals surface area contributed by atoms with Gasteiger partial charge < -0.3 is 5.32 Å². The molecule has 0 saturated heterocycles. The maximum atomic E-state index is 13.1. The lowest BCUT2D eigenvalue weighted by Crippen LogP contribution is -2.25. The van der Waals surface area contributed by atoms with Crippen molar-refractivity contribution in [1.29, 1.82) is 0 Å². The van der Waals surface area contributed by atoms with E-state index in [9.17, 15) is 17.6 Å². The van der Waals surface area contributed by atoms with Gasteiger partial charge in [-0.15, -0.1) is 0 Å². The molecule has 1 aromatic heterocycles. The first kappa shape index (κ1) is 15.7. The second-order valence-corrected chi connectivity index (χ2v) is 6.24. The zero-order valence-corrected chi connectivity index (χ0v) is 12.4. The predicted octanol–water partition coefficient (Wildman–Crippen LogP) is 4.57. The molecule has 0 aliphatic rings. The van der Waals surface area contributed by atoms with Crippen LogP contribution in [0.3, 0.4) is 0 Å². The van der Waals surface area contributed by atoms with Crippen LogP contribution in [-0.4, -0.2) is 14.9 Å². The van der Waals surface area contributed by atoms with Gasteiger partial charge in [0.25, 0.3) is 0 Å². The van der Waals surface area contributed by atoms with Gasteiger partial charge in [0.15, 0.2) is 5.82 Å². The third kappa shape index (κ3) is 3.90. The average Bonchev–Trinajstić information content (AvgIpc) is 2.73. The molecule has 2 rings (SSSR count). The van der Waals surface area contributed by atoms with Crippen LogP contribution in [0.25, 0.3) is 11.4 Å². The van der Waals surface area contributed by atoms with E-state index in [1.54, 1.807) is 0 Å². The van der Waals surface area contributed by atoms with E-state index in [0.29, 0.717) is 11.2 Å². The topological polar surface area (TPSA) is 37.8 Å². The highest BCUT2D eigenvalue weighted by Crippen LogP contribution is 2.37. The predicted molar refractivity (Wildman–Crippen MR) is 73.7 cm³/mol. The van der Waals surface area contributed by atoms with Crippen molar-refractivity contribution in [2.75, 3.05) is 5.32 Å². The van der Waals surface area contributed by atoms with Crippen molar-refractivity contribution in [3.8, 4) is 11.4 Å². The fourth-order valence-corrected chi connectivity index (χ4v) is 2.44. The van der Waals surface area contributed by atoms with Crippen molar-refractivity contribution in [3.63, 3.8) is 0 Å². The van der Waals surface area contributed by atoms with E-state index in [1.807, 2.05) is 20.8 Å². The molecule has 0 atom stereocenters. The maximum Gasteiger partial charge on any atom is 0.417 e. The van der Waals surface area contributed by atoms with E-state index in [4.69, 9.17) is 0 Å². The molecular weight excluding hydrogens is 306 g/mol. The quantitative estimate of drug-likeness (QED) is 0.824. The van der Waals surface area contributed by atoms with Crippen LogP contribution in [-0.2, 0) is 6.18 Å². The van der Waals surface area contributed by atoms with Gasteiger partial charge in [-0.1, -0.05) is 0 Å². The number of hydrogen-bond acceptors (Lipinski definition) is 4. The van der Waals surface area contributed by atoms with Crippen LogP contribution in [0, 0.1) is 5.82 Å². The minimum Gasteiger partial charge on any atom is -0.356 e. The number of benzene rings is 1. The van der Waals surface area contributed by atoms with Crippen LogP contribution in [0.4, 0.5) is 22.7 Å². The van der Waals surface area contributed by atoms with Gasteiger partial charge in [-0.25, -0.2) is 4.39 Å². The molecule has 1 aromatic carbocycles. The molecule has 0 spiro atoms. The molecule has 0 bridgehead atoms. The average molecular weight is 319 g/mol. The summed E-state index contributed by atoms with van der Waals surface area (Å²) in [7, 11) is 0. The molecule has 0 radical (unpaired) electrons. The Hall–Kier alpha value is -1.70. The molecule has 8 heteroatoms. The van der Waals surface area contributed by atoms with Gasteiger partial charge in [-0.3, -0.25) is 0 Å². The summed E-state index contributed by atoms with van der Waals surface area (Å²) in [6, 6.07) is 2.46. The standard InChI is InChI=1S/C13H13F4N3S/c1-12(2,3)19-11-18-10(20-21-11)8-5-4-7(14)6-9(8)13(15,16)17/h4-6H,1-3H3,(H,18,19,20). The smallest absolute Gasteiger partial charge is 0.356 e. The Bertz CT molecular complexity index is 644. The molecule has 0 amide bonds. The molecule has 1 N–H and O–H groups in total. The highest BCUT2D eigenvalue weighted by molar-refractivity contribution is 7.09. The molecule has 3 nitrogen and oxygen atoms in total. The second-order valence-electron chi connectivity index (χ2n) is 5.49. The highest BCUT2D eigenvalue weighted by atomic mass is 32.1. The summed E-state index contributed by atoms with van der Waals surface area (Å²) in [4.78, 5) is 4.04. The second kappa shape index (κ2) is 5.25. The molecule has 2 aromatic rings. The Labute approximate surface area is 123 Å². The van der Waals surface area contributed by atoms with Gasteiger partial charge in [0, 0.05) is 22.6 Å². The molecular formula is C13H13F4N3S. The zero-order chi connectivity index (χ0) is 15.8. The minimum absolute atomic E-state index is 0.0703. The monoisotopic (exact) mass is 319 g/mol. The van der Waals surface area contributed by atoms with Crippen molar-refractivity contribution in [2.45, 2.75) is 32.5 Å². The molecule has 114 valence electrons. The van der Waals surface area contributed by atoms with Gasteiger partial charge in [0.1, 0.15) is 5.82 Å². The van der Waals surface area contributed by atoms with Crippen molar-refractivity contribution < 1.29 is 17.6 Å². The molecule has 0 saturated carbocycles. The SMILES string of the molecule is CC(C)(C)Nc1nc(-c2ccc(F)cc2C(F)(F)F)ns1. The van der Waals surface area contributed by atoms with Gasteiger partial charge in [0.2, 0.25) is 5.13 Å². The Morgan fingerprint density at radius 2 is 1.81 bits per heavy atom. The van der Waals surface area contributed by atoms with Crippen LogP contribution in [0.1, 0.15) is 26.3 Å². The lowest BCUT2D eigenvalue weighted by Gasteiger charge is -2.18. The fourth-order valence-electron chi connectivity index (χ4n) is 1.65. The molecule has 0 aliphatic carbocycles. The first-order chi connectivity index (χ1) is 9.56. The summed E-state index contributed by atoms with van der Waals surface area (Å²) in [5, 5.41) is 3.44. The van der Waals surface area contributed by atoms with Gasteiger partial charge >= 0.3 is 6.18 Å². The van der Waals surface area contributed by atoms with Crippen LogP contribution in [0.2, 0.25) is 0 Å². The van der Waals surface area contributed by atoms with E-state index in [0.717, 1.165) is 23.7 Å². The number of nitrogens with zero attached hydrogens (tertiary/aromatic N) is 2. The number of nitrogens with one attached hydrogen (secondary N) is 1. The normalized spacial score (nSPS) is 12.5. The summed E-state index contributed by atoms with van der Waals surface area (Å²) < 4.78 is 55.9. The summed E-state index contributed by atoms with van der Waals surface area (Å²) in [6.07, 6.45) is -4.67. The Morgan fingerprint density at radius 3 is 2.38 bits per heavy atom. The van der Waals surface area contributed by atoms with Crippen LogP contribution >= 0.6 is 11.5 Å². The first-order valence-corrected chi connectivity index (χ1v) is 6.82. The van der Waals surface area contributed by atoms with Crippen molar-refractivity contribution in [2.24, 2.45) is 0 Å². The number of aromatic nitrogens is 2. The number of alkyl halides is 3. The zero-order valence-electron chi connectivity index (χ0n) is 11.5. The third-order valence-electron chi connectivity index (χ3n) is 2.44. The van der Waals surface area contributed by atoms with Gasteiger partial charge in [-0.05, 0) is 39.0 Å². The van der Waals surface area contributed by atoms with E-state index in [1.165, 1.54) is 0 Å². The van der Waals surface area contributed by atoms with Crippen LogP contribution in [0.5, 0.6) is 0 Å². The largest absolute Gasteiger partial charge is 0.417 e. The Morgan fingerprint density at radius 1 is 1.14 bits per heavy atom. The molecule has 0 aliphatic heterocycles. The van der Waals surface area contributed by atoms with E-state index in [-0.39, 0.29) is 16.9 Å². The number of anilines is 1. The Kier molecular flexibility index (Phi) is 3.92. The molecule has 0 unspecified atom stereocenters. The summed E-state index contributed by atoms with van der Waals surface area (Å²) >= 11 is 0.961. The van der Waals surface area contributed by atoms with Crippen molar-refractivity contribution in [1.82, 2.24) is 9.36 Å². The lowest BCUT2D eigenvalue weighted by atomic mass is 10.1. The molecule has 1 heterocycles. The number of rotatable bonds is 2. The Balaban J connectivity index is 2.43. The maximum absolute atomic E-state index is 13.1. The third-order valence-corrected chi connectivity index (χ3v) is 3.07. The van der Waals surface area contributed by atoms with Gasteiger partial charge in [0.05, 0.1) is 5.56 Å². The summed E-state index contributed by atoms with van der Waals surface area (Å²) in [5.74, 6) is -1.02. The highest BCUT2D eigenvalue weighted by Gasteiger charge is 2.35. The summed E-state index contributed by atoms with van der Waals surface area (Å²) in [6.45, 7) is 5.69. The minimum atomic E-state index is -4.67. The lowest BCUT2D eigenvalue weighted by molar-refractivity contribution is -0.137. The summed E-state index contributed by atoms with van der Waals surface area (Å²) in [5.41, 5.74) is -1.60. The fraction of sp³-hybridized carbons (Fsp3) is 0.385.